The fourth-order valence-electron chi connectivity index (χ4n) is 3.24. The number of rotatable bonds is 9. The van der Waals surface area contributed by atoms with Crippen molar-refractivity contribution in [1.29, 1.82) is 0 Å². The van der Waals surface area contributed by atoms with Gasteiger partial charge in [0.2, 0.25) is 11.9 Å². The molecule has 2 heterocycles. The van der Waals surface area contributed by atoms with Gasteiger partial charge in [0.1, 0.15) is 18.1 Å². The zero-order valence-electron chi connectivity index (χ0n) is 22.4. The van der Waals surface area contributed by atoms with E-state index in [-0.39, 0.29) is 5.75 Å². The molecule has 3 N–H and O–H groups in total. The predicted octanol–water partition coefficient (Wildman–Crippen LogP) is 7.21. The van der Waals surface area contributed by atoms with Gasteiger partial charge in [-0.3, -0.25) is 0 Å². The highest BCUT2D eigenvalue weighted by atomic mass is 35.5. The summed E-state index contributed by atoms with van der Waals surface area (Å²) < 4.78 is 10.4. The van der Waals surface area contributed by atoms with Gasteiger partial charge >= 0.3 is 5.97 Å². The van der Waals surface area contributed by atoms with Crippen LogP contribution in [0.2, 0.25) is 10.0 Å². The number of benzene rings is 3. The van der Waals surface area contributed by atoms with Crippen LogP contribution in [0.1, 0.15) is 22.8 Å². The lowest BCUT2D eigenvalue weighted by atomic mass is 10.3. The Morgan fingerprint density at radius 2 is 1.21 bits per heavy atom. The van der Waals surface area contributed by atoms with Crippen molar-refractivity contribution >= 4 is 52.4 Å². The van der Waals surface area contributed by atoms with Crippen LogP contribution in [0.5, 0.6) is 11.5 Å². The molecule has 0 saturated carbocycles. The Balaban J connectivity index is 0.000000197. The first kappa shape index (κ1) is 30.0. The minimum atomic E-state index is -0.430. The first-order valence-electron chi connectivity index (χ1n) is 12.6. The maximum Gasteiger partial charge on any atom is 0.341 e. The molecule has 0 atom stereocenters. The third-order valence-electron chi connectivity index (χ3n) is 5.31. The van der Waals surface area contributed by atoms with Crippen molar-refractivity contribution < 1.29 is 19.4 Å². The van der Waals surface area contributed by atoms with Gasteiger partial charge in [-0.15, -0.1) is 0 Å². The second-order valence-corrected chi connectivity index (χ2v) is 9.35. The number of phenols is 1. The van der Waals surface area contributed by atoms with Crippen molar-refractivity contribution in [3.05, 3.63) is 119 Å². The number of nitrogens with zero attached hydrogens (tertiary/aromatic N) is 4. The van der Waals surface area contributed by atoms with Crippen molar-refractivity contribution in [3.63, 3.8) is 0 Å². The van der Waals surface area contributed by atoms with Gasteiger partial charge in [0.15, 0.2) is 0 Å². The number of carbonyl (C=O) groups excluding carboxylic acids is 1. The van der Waals surface area contributed by atoms with Crippen molar-refractivity contribution in [2.75, 3.05) is 17.2 Å². The highest BCUT2D eigenvalue weighted by Gasteiger charge is 2.07. The van der Waals surface area contributed by atoms with Crippen LogP contribution in [0.25, 0.3) is 0 Å². The van der Waals surface area contributed by atoms with Crippen LogP contribution >= 0.6 is 23.2 Å². The summed E-state index contributed by atoms with van der Waals surface area (Å²) in [6, 6.07) is 21.0. The predicted molar refractivity (Wildman–Crippen MR) is 162 cm³/mol. The lowest BCUT2D eigenvalue weighted by Gasteiger charge is -2.07. The molecular formula is C30H26Cl2N6O4. The van der Waals surface area contributed by atoms with E-state index in [0.717, 1.165) is 16.9 Å². The highest BCUT2D eigenvalue weighted by Crippen LogP contribution is 2.19. The molecule has 0 amide bonds. The van der Waals surface area contributed by atoms with Gasteiger partial charge in [-0.05, 0) is 79.7 Å². The van der Waals surface area contributed by atoms with Gasteiger partial charge in [-0.1, -0.05) is 23.2 Å². The number of phenolic OH excluding ortho intramolecular Hbond substituents is 1. The standard InChI is InChI=1S/C17H14ClN3O2.C13H12ClN3O2/c18-13-1-3-14(4-2-13)21-17-19-9-12(10-20-17)11-23-16-7-5-15(22)6-8-16;1-2-19-12(18)9-7-15-13(16-8-9)17-11-5-3-10(14)4-6-11/h1-10,22H,11H2,(H,19,20,21);3-8H,2H2,1H3,(H,15,16,17). The number of carbonyl (C=O) groups is 1. The number of aromatic nitrogens is 4. The SMILES string of the molecule is CCOC(=O)c1cnc(Nc2ccc(Cl)cc2)nc1.Oc1ccc(OCc2cnc(Nc3ccc(Cl)cc3)nc2)cc1. The van der Waals surface area contributed by atoms with Crippen molar-refractivity contribution in [3.8, 4) is 11.5 Å². The number of halogens is 2. The van der Waals surface area contributed by atoms with Crippen LogP contribution in [0.4, 0.5) is 23.3 Å². The smallest absolute Gasteiger partial charge is 0.341 e. The molecule has 2 aromatic heterocycles. The number of hydrogen-bond acceptors (Lipinski definition) is 10. The summed E-state index contributed by atoms with van der Waals surface area (Å²) in [4.78, 5) is 28.0. The molecule has 0 bridgehead atoms. The molecule has 214 valence electrons. The minimum Gasteiger partial charge on any atom is -0.508 e. The summed E-state index contributed by atoms with van der Waals surface area (Å²) in [5, 5.41) is 16.6. The molecule has 10 nitrogen and oxygen atoms in total. The van der Waals surface area contributed by atoms with E-state index in [9.17, 15) is 9.90 Å². The zero-order chi connectivity index (χ0) is 29.7. The van der Waals surface area contributed by atoms with Gasteiger partial charge in [0, 0.05) is 51.8 Å². The van der Waals surface area contributed by atoms with E-state index in [0.29, 0.717) is 46.5 Å². The van der Waals surface area contributed by atoms with Crippen molar-refractivity contribution in [2.45, 2.75) is 13.5 Å². The summed E-state index contributed by atoms with van der Waals surface area (Å²) >= 11 is 11.6. The summed E-state index contributed by atoms with van der Waals surface area (Å²) in [5.41, 5.74) is 2.85. The Morgan fingerprint density at radius 1 is 0.738 bits per heavy atom. The molecule has 0 aliphatic carbocycles. The lowest BCUT2D eigenvalue weighted by molar-refractivity contribution is 0.0525. The largest absolute Gasteiger partial charge is 0.508 e. The third kappa shape index (κ3) is 9.61. The van der Waals surface area contributed by atoms with E-state index in [4.69, 9.17) is 32.7 Å². The molecule has 0 aliphatic rings. The number of ether oxygens (including phenoxy) is 2. The quantitative estimate of drug-likeness (QED) is 0.148. The van der Waals surface area contributed by atoms with Crippen LogP contribution in [-0.4, -0.2) is 37.6 Å². The van der Waals surface area contributed by atoms with E-state index in [2.05, 4.69) is 30.6 Å². The Kier molecular flexibility index (Phi) is 10.9. The molecule has 0 radical (unpaired) electrons. The molecule has 5 rings (SSSR count). The van der Waals surface area contributed by atoms with E-state index in [1.807, 2.05) is 24.3 Å². The molecule has 3 aromatic carbocycles. The maximum atomic E-state index is 11.4. The highest BCUT2D eigenvalue weighted by molar-refractivity contribution is 6.30. The fourth-order valence-corrected chi connectivity index (χ4v) is 3.49. The average molecular weight is 605 g/mol. The second kappa shape index (κ2) is 15.2. The number of aromatic hydroxyl groups is 1. The molecule has 0 fully saturated rings. The second-order valence-electron chi connectivity index (χ2n) is 8.48. The normalized spacial score (nSPS) is 10.2. The van der Waals surface area contributed by atoms with Crippen molar-refractivity contribution in [1.82, 2.24) is 19.9 Å². The van der Waals surface area contributed by atoms with Crippen LogP contribution in [0.15, 0.2) is 97.6 Å². The van der Waals surface area contributed by atoms with Crippen LogP contribution in [0.3, 0.4) is 0 Å². The maximum absolute atomic E-state index is 11.4. The summed E-state index contributed by atoms with van der Waals surface area (Å²) in [6.45, 7) is 2.42. The summed E-state index contributed by atoms with van der Waals surface area (Å²) in [6.07, 6.45) is 6.24. The molecule has 0 saturated heterocycles. The van der Waals surface area contributed by atoms with Gasteiger partial charge < -0.3 is 25.2 Å². The molecule has 0 spiro atoms. The Morgan fingerprint density at radius 3 is 1.69 bits per heavy atom. The Bertz CT molecular complexity index is 1550. The molecule has 0 unspecified atom stereocenters. The third-order valence-corrected chi connectivity index (χ3v) is 5.82. The topological polar surface area (TPSA) is 131 Å². The van der Waals surface area contributed by atoms with Crippen LogP contribution < -0.4 is 15.4 Å². The number of esters is 1. The lowest BCUT2D eigenvalue weighted by Crippen LogP contribution is -2.06. The van der Waals surface area contributed by atoms with Crippen LogP contribution in [0, 0.1) is 0 Å². The average Bonchev–Trinajstić information content (AvgIpc) is 3.01. The monoisotopic (exact) mass is 604 g/mol. The molecule has 5 aromatic rings. The minimum absolute atomic E-state index is 0.207. The van der Waals surface area contributed by atoms with Gasteiger partial charge in [-0.2, -0.15) is 0 Å². The number of anilines is 4. The summed E-state index contributed by atoms with van der Waals surface area (Å²) in [7, 11) is 0. The van der Waals surface area contributed by atoms with Gasteiger partial charge in [0.25, 0.3) is 0 Å². The van der Waals surface area contributed by atoms with Crippen LogP contribution in [-0.2, 0) is 11.3 Å². The van der Waals surface area contributed by atoms with E-state index >= 15 is 0 Å². The molecular weight excluding hydrogens is 579 g/mol. The first-order chi connectivity index (χ1) is 20.4. The number of hydrogen-bond donors (Lipinski definition) is 3. The molecule has 42 heavy (non-hydrogen) atoms. The van der Waals surface area contributed by atoms with E-state index in [1.54, 1.807) is 67.8 Å². The first-order valence-corrected chi connectivity index (χ1v) is 13.4. The summed E-state index contributed by atoms with van der Waals surface area (Å²) in [5.74, 6) is 1.35. The Labute approximate surface area is 252 Å². The Hall–Kier alpha value is -4.93. The van der Waals surface area contributed by atoms with Gasteiger partial charge in [0.05, 0.1) is 12.2 Å². The number of nitrogens with one attached hydrogen (secondary N) is 2. The fraction of sp³-hybridized carbons (Fsp3) is 0.100. The van der Waals surface area contributed by atoms with E-state index < -0.39 is 5.97 Å². The van der Waals surface area contributed by atoms with Gasteiger partial charge in [-0.25, -0.2) is 24.7 Å². The zero-order valence-corrected chi connectivity index (χ0v) is 23.9. The van der Waals surface area contributed by atoms with Crippen molar-refractivity contribution in [2.24, 2.45) is 0 Å². The molecule has 0 aliphatic heterocycles. The molecule has 12 heteroatoms. The van der Waals surface area contributed by atoms with E-state index in [1.165, 1.54) is 12.4 Å².